The van der Waals surface area contributed by atoms with Crippen LogP contribution in [-0.2, 0) is 16.0 Å². The molecule has 0 unspecified atom stereocenters. The van der Waals surface area contributed by atoms with Crippen molar-refractivity contribution in [1.82, 2.24) is 0 Å². The van der Waals surface area contributed by atoms with Crippen molar-refractivity contribution in [3.63, 3.8) is 0 Å². The Kier molecular flexibility index (Phi) is 11.4. The van der Waals surface area contributed by atoms with Gasteiger partial charge in [0.15, 0.2) is 11.5 Å². The number of hydrogen-bond donors (Lipinski definition) is 0. The highest BCUT2D eigenvalue weighted by molar-refractivity contribution is 5.76. The zero-order valence-electron chi connectivity index (χ0n) is 16.6. The Morgan fingerprint density at radius 1 is 0.769 bits per heavy atom. The summed E-state index contributed by atoms with van der Waals surface area (Å²) in [6.45, 7) is 5.72. The van der Waals surface area contributed by atoms with Gasteiger partial charge in [0.25, 0.3) is 0 Å². The molecule has 0 saturated carbocycles. The summed E-state index contributed by atoms with van der Waals surface area (Å²) < 4.78 is 10.8. The summed E-state index contributed by atoms with van der Waals surface area (Å²) >= 11 is 0. The average molecular weight is 363 g/mol. The zero-order chi connectivity index (χ0) is 19.2. The van der Waals surface area contributed by atoms with Gasteiger partial charge < -0.3 is 9.47 Å². The fraction of sp³-hybridized carbons (Fsp3) is 0.636. The molecule has 0 aliphatic heterocycles. The first-order chi connectivity index (χ1) is 12.6. The van der Waals surface area contributed by atoms with Gasteiger partial charge in [0.05, 0.1) is 0 Å². The Labute approximate surface area is 158 Å². The lowest BCUT2D eigenvalue weighted by Gasteiger charge is -2.14. The second-order valence-electron chi connectivity index (χ2n) is 6.62. The minimum atomic E-state index is -0.331. The number of rotatable bonds is 13. The first kappa shape index (κ1) is 22.2. The van der Waals surface area contributed by atoms with E-state index in [1.807, 2.05) is 12.1 Å². The molecule has 0 bridgehead atoms. The predicted octanol–water partition coefficient (Wildman–Crippen LogP) is 6.00. The minimum absolute atomic E-state index is 0.281. The molecule has 1 aromatic rings. The van der Waals surface area contributed by atoms with Gasteiger partial charge in [-0.2, -0.15) is 0 Å². The van der Waals surface area contributed by atoms with Crippen LogP contribution in [0.15, 0.2) is 18.2 Å². The summed E-state index contributed by atoms with van der Waals surface area (Å²) in [4.78, 5) is 23.4. The van der Waals surface area contributed by atoms with Crippen molar-refractivity contribution in [2.24, 2.45) is 0 Å². The van der Waals surface area contributed by atoms with Gasteiger partial charge >= 0.3 is 11.9 Å². The quantitative estimate of drug-likeness (QED) is 0.245. The van der Waals surface area contributed by atoms with E-state index in [9.17, 15) is 9.59 Å². The summed E-state index contributed by atoms with van der Waals surface area (Å²) in [7, 11) is 0. The van der Waals surface area contributed by atoms with Crippen LogP contribution in [0.25, 0.3) is 0 Å². The lowest BCUT2D eigenvalue weighted by atomic mass is 10.0. The third-order valence-corrected chi connectivity index (χ3v) is 4.38. The summed E-state index contributed by atoms with van der Waals surface area (Å²) in [6.07, 6.45) is 11.4. The maximum Gasteiger partial charge on any atom is 0.311 e. The largest absolute Gasteiger partial charge is 0.423 e. The highest BCUT2D eigenvalue weighted by atomic mass is 16.6. The van der Waals surface area contributed by atoms with Crippen molar-refractivity contribution < 1.29 is 19.1 Å². The van der Waals surface area contributed by atoms with Crippen molar-refractivity contribution in [1.29, 1.82) is 0 Å². The van der Waals surface area contributed by atoms with E-state index in [-0.39, 0.29) is 24.8 Å². The topological polar surface area (TPSA) is 52.6 Å². The monoisotopic (exact) mass is 362 g/mol. The molecule has 0 atom stereocenters. The maximum absolute atomic E-state index is 11.8. The number of hydrogen-bond acceptors (Lipinski definition) is 4. The summed E-state index contributed by atoms with van der Waals surface area (Å²) in [5.74, 6) is 0.102. The molecule has 4 nitrogen and oxygen atoms in total. The molecule has 1 rings (SSSR count). The van der Waals surface area contributed by atoms with Gasteiger partial charge in [0, 0.05) is 12.8 Å². The molecule has 0 aliphatic rings. The van der Waals surface area contributed by atoms with Crippen molar-refractivity contribution >= 4 is 11.9 Å². The van der Waals surface area contributed by atoms with Gasteiger partial charge in [-0.3, -0.25) is 9.59 Å². The Morgan fingerprint density at radius 2 is 1.35 bits per heavy atom. The molecule has 0 heterocycles. The van der Waals surface area contributed by atoms with Crippen LogP contribution in [-0.4, -0.2) is 11.9 Å². The number of esters is 2. The third-order valence-electron chi connectivity index (χ3n) is 4.38. The molecule has 0 spiro atoms. The van der Waals surface area contributed by atoms with Gasteiger partial charge in [-0.25, -0.2) is 0 Å². The number of unbranched alkanes of at least 4 members (excludes halogenated alkanes) is 7. The first-order valence-electron chi connectivity index (χ1n) is 10.2. The van der Waals surface area contributed by atoms with Crippen LogP contribution < -0.4 is 9.47 Å². The van der Waals surface area contributed by atoms with Gasteiger partial charge in [0.2, 0.25) is 0 Å². The summed E-state index contributed by atoms with van der Waals surface area (Å²) in [5, 5.41) is 0. The van der Waals surface area contributed by atoms with Gasteiger partial charge in [-0.1, -0.05) is 77.8 Å². The number of carbonyl (C=O) groups is 2. The molecule has 0 N–H and O–H groups in total. The van der Waals surface area contributed by atoms with Crippen molar-refractivity contribution in [3.05, 3.63) is 23.8 Å². The molecule has 146 valence electrons. The lowest BCUT2D eigenvalue weighted by molar-refractivity contribution is -0.136. The smallest absolute Gasteiger partial charge is 0.311 e. The SMILES string of the molecule is CCCCCCCCCCc1cccc(OC(=O)CC)c1OC(=O)CC. The average Bonchev–Trinajstić information content (AvgIpc) is 2.65. The van der Waals surface area contributed by atoms with Crippen LogP contribution >= 0.6 is 0 Å². The Hall–Kier alpha value is -1.84. The van der Waals surface area contributed by atoms with Crippen LogP contribution in [0, 0.1) is 0 Å². The van der Waals surface area contributed by atoms with E-state index in [1.165, 1.54) is 38.5 Å². The Morgan fingerprint density at radius 3 is 1.96 bits per heavy atom. The molecule has 0 aliphatic carbocycles. The fourth-order valence-corrected chi connectivity index (χ4v) is 2.78. The summed E-state index contributed by atoms with van der Waals surface area (Å²) in [5.41, 5.74) is 0.930. The van der Waals surface area contributed by atoms with Crippen molar-refractivity contribution in [3.8, 4) is 11.5 Å². The van der Waals surface area contributed by atoms with E-state index in [2.05, 4.69) is 6.92 Å². The van der Waals surface area contributed by atoms with E-state index in [0.29, 0.717) is 11.5 Å². The normalized spacial score (nSPS) is 10.6. The van der Waals surface area contributed by atoms with E-state index in [0.717, 1.165) is 24.8 Å². The van der Waals surface area contributed by atoms with Crippen LogP contribution in [0.3, 0.4) is 0 Å². The van der Waals surface area contributed by atoms with Crippen LogP contribution in [0.5, 0.6) is 11.5 Å². The molecule has 1 aromatic carbocycles. The van der Waals surface area contributed by atoms with Crippen LogP contribution in [0.4, 0.5) is 0 Å². The second-order valence-corrected chi connectivity index (χ2v) is 6.62. The highest BCUT2D eigenvalue weighted by Gasteiger charge is 2.16. The molecule has 0 radical (unpaired) electrons. The maximum atomic E-state index is 11.8. The molecule has 0 aromatic heterocycles. The molecule has 0 saturated heterocycles. The molecule has 4 heteroatoms. The standard InChI is InChI=1S/C22H34O4/c1-4-7-8-9-10-11-12-13-15-18-16-14-17-19(25-20(23)5-2)22(18)26-21(24)6-3/h14,16-17H,4-13,15H2,1-3H3. The predicted molar refractivity (Wildman–Crippen MR) is 105 cm³/mol. The van der Waals surface area contributed by atoms with Crippen LogP contribution in [0.2, 0.25) is 0 Å². The van der Waals surface area contributed by atoms with E-state index in [4.69, 9.17) is 9.47 Å². The molecular weight excluding hydrogens is 328 g/mol. The van der Waals surface area contributed by atoms with Crippen LogP contribution in [0.1, 0.15) is 90.5 Å². The number of ether oxygens (including phenoxy) is 2. The molecule has 0 amide bonds. The molecular formula is C22H34O4. The van der Waals surface area contributed by atoms with Gasteiger partial charge in [-0.15, -0.1) is 0 Å². The van der Waals surface area contributed by atoms with E-state index >= 15 is 0 Å². The molecule has 0 fully saturated rings. The number of carbonyl (C=O) groups excluding carboxylic acids is 2. The number of benzene rings is 1. The van der Waals surface area contributed by atoms with Crippen molar-refractivity contribution in [2.45, 2.75) is 91.4 Å². The number of aryl methyl sites for hydroxylation is 1. The summed E-state index contributed by atoms with van der Waals surface area (Å²) in [6, 6.07) is 5.48. The van der Waals surface area contributed by atoms with E-state index in [1.54, 1.807) is 19.9 Å². The Balaban J connectivity index is 2.63. The fourth-order valence-electron chi connectivity index (χ4n) is 2.78. The minimum Gasteiger partial charge on any atom is -0.423 e. The zero-order valence-corrected chi connectivity index (χ0v) is 16.6. The number of para-hydroxylation sites is 1. The van der Waals surface area contributed by atoms with Gasteiger partial charge in [0.1, 0.15) is 0 Å². The van der Waals surface area contributed by atoms with Crippen molar-refractivity contribution in [2.75, 3.05) is 0 Å². The molecule has 26 heavy (non-hydrogen) atoms. The van der Waals surface area contributed by atoms with Gasteiger partial charge in [-0.05, 0) is 24.5 Å². The highest BCUT2D eigenvalue weighted by Crippen LogP contribution is 2.33. The first-order valence-corrected chi connectivity index (χ1v) is 10.2. The second kappa shape index (κ2) is 13.4. The Bertz CT molecular complexity index is 551. The lowest BCUT2D eigenvalue weighted by Crippen LogP contribution is -2.12. The van der Waals surface area contributed by atoms with E-state index < -0.39 is 0 Å². The third kappa shape index (κ3) is 8.50.